The second-order valence-corrected chi connectivity index (χ2v) is 4.41. The third kappa shape index (κ3) is 2.73. The van der Waals surface area contributed by atoms with Crippen LogP contribution in [-0.2, 0) is 0 Å². The molecule has 0 saturated carbocycles. The van der Waals surface area contributed by atoms with Gasteiger partial charge in [-0.3, -0.25) is 4.79 Å². The summed E-state index contributed by atoms with van der Waals surface area (Å²) < 4.78 is 10.4. The highest BCUT2D eigenvalue weighted by atomic mass is 16.5. The summed E-state index contributed by atoms with van der Waals surface area (Å²) in [4.78, 5) is 12.4. The second-order valence-electron chi connectivity index (χ2n) is 4.41. The van der Waals surface area contributed by atoms with E-state index in [0.717, 1.165) is 24.8 Å². The summed E-state index contributed by atoms with van der Waals surface area (Å²) in [5.74, 6) is 1.38. The molecule has 3 nitrogen and oxygen atoms in total. The summed E-state index contributed by atoms with van der Waals surface area (Å²) in [6, 6.07) is 5.30. The van der Waals surface area contributed by atoms with Crippen molar-refractivity contribution in [2.75, 3.05) is 14.2 Å². The third-order valence-corrected chi connectivity index (χ3v) is 3.20. The maximum absolute atomic E-state index is 12.4. The number of Topliss-reactive ketones (excluding diaryl/α,β-unsaturated/α-hetero) is 1. The fourth-order valence-electron chi connectivity index (χ4n) is 2.17. The van der Waals surface area contributed by atoms with Gasteiger partial charge in [-0.2, -0.15) is 0 Å². The number of benzene rings is 1. The first kappa shape index (κ1) is 12.7. The number of carbonyl (C=O) groups excluding carboxylic acids is 1. The molecule has 0 radical (unpaired) electrons. The van der Waals surface area contributed by atoms with Crippen molar-refractivity contribution in [3.63, 3.8) is 0 Å². The third-order valence-electron chi connectivity index (χ3n) is 3.20. The Kier molecular flexibility index (Phi) is 4.03. The van der Waals surface area contributed by atoms with Crippen LogP contribution in [0.25, 0.3) is 0 Å². The Morgan fingerprint density at radius 3 is 2.22 bits per heavy atom. The van der Waals surface area contributed by atoms with Crippen LogP contribution in [0, 0.1) is 0 Å². The first-order valence-electron chi connectivity index (χ1n) is 6.21. The maximum Gasteiger partial charge on any atom is 0.188 e. The summed E-state index contributed by atoms with van der Waals surface area (Å²) >= 11 is 0. The van der Waals surface area contributed by atoms with Crippen LogP contribution >= 0.6 is 0 Å². The molecule has 2 rings (SSSR count). The molecular formula is C15H18O3. The number of rotatable bonds is 4. The molecule has 18 heavy (non-hydrogen) atoms. The summed E-state index contributed by atoms with van der Waals surface area (Å²) in [5, 5.41) is 0. The Bertz CT molecular complexity index is 452. The van der Waals surface area contributed by atoms with Crippen molar-refractivity contribution < 1.29 is 14.3 Å². The van der Waals surface area contributed by atoms with Crippen molar-refractivity contribution >= 4 is 5.78 Å². The van der Waals surface area contributed by atoms with Crippen LogP contribution in [0.4, 0.5) is 0 Å². The number of methoxy groups -OCH3 is 2. The van der Waals surface area contributed by atoms with Gasteiger partial charge < -0.3 is 9.47 Å². The summed E-state index contributed by atoms with van der Waals surface area (Å²) in [7, 11) is 3.17. The molecule has 0 unspecified atom stereocenters. The van der Waals surface area contributed by atoms with Crippen molar-refractivity contribution in [3.05, 3.63) is 35.4 Å². The van der Waals surface area contributed by atoms with Crippen LogP contribution in [0.5, 0.6) is 11.5 Å². The topological polar surface area (TPSA) is 35.5 Å². The number of hydrogen-bond acceptors (Lipinski definition) is 3. The van der Waals surface area contributed by atoms with Crippen LogP contribution < -0.4 is 9.47 Å². The van der Waals surface area contributed by atoms with Gasteiger partial charge in [0, 0.05) is 11.6 Å². The molecular weight excluding hydrogens is 228 g/mol. The highest BCUT2D eigenvalue weighted by Gasteiger charge is 2.16. The zero-order valence-electron chi connectivity index (χ0n) is 10.9. The highest BCUT2D eigenvalue weighted by Crippen LogP contribution is 2.27. The minimum Gasteiger partial charge on any atom is -0.497 e. The van der Waals surface area contributed by atoms with Gasteiger partial charge in [-0.1, -0.05) is 6.08 Å². The van der Waals surface area contributed by atoms with E-state index in [1.165, 1.54) is 6.42 Å². The van der Waals surface area contributed by atoms with E-state index in [1.807, 2.05) is 0 Å². The Balaban J connectivity index is 2.31. The largest absolute Gasteiger partial charge is 0.497 e. The number of ketones is 1. The first-order chi connectivity index (χ1) is 8.74. The molecule has 0 atom stereocenters. The van der Waals surface area contributed by atoms with Gasteiger partial charge in [0.05, 0.1) is 14.2 Å². The SMILES string of the molecule is COc1cc(OC)cc(C(=O)C2=CCCCC2)c1. The van der Waals surface area contributed by atoms with Crippen molar-refractivity contribution in [1.29, 1.82) is 0 Å². The van der Waals surface area contributed by atoms with Gasteiger partial charge in [-0.05, 0) is 43.4 Å². The molecule has 1 aromatic rings. The van der Waals surface area contributed by atoms with Crippen LogP contribution in [0.15, 0.2) is 29.8 Å². The van der Waals surface area contributed by atoms with Gasteiger partial charge in [0.1, 0.15) is 11.5 Å². The zero-order chi connectivity index (χ0) is 13.0. The fraction of sp³-hybridized carbons (Fsp3) is 0.400. The van der Waals surface area contributed by atoms with E-state index < -0.39 is 0 Å². The van der Waals surface area contributed by atoms with Crippen LogP contribution in [0.1, 0.15) is 36.0 Å². The molecule has 0 aliphatic heterocycles. The van der Waals surface area contributed by atoms with Gasteiger partial charge in [-0.25, -0.2) is 0 Å². The number of carbonyl (C=O) groups is 1. The predicted octanol–water partition coefficient (Wildman–Crippen LogP) is 3.39. The highest BCUT2D eigenvalue weighted by molar-refractivity contribution is 6.09. The Morgan fingerprint density at radius 2 is 1.72 bits per heavy atom. The molecule has 1 aliphatic rings. The second kappa shape index (κ2) is 5.71. The standard InChI is InChI=1S/C15H18O3/c1-17-13-8-12(9-14(10-13)18-2)15(16)11-6-4-3-5-7-11/h6,8-10H,3-5,7H2,1-2H3. The molecule has 0 spiro atoms. The van der Waals surface area contributed by atoms with Gasteiger partial charge in [-0.15, -0.1) is 0 Å². The molecule has 0 N–H and O–H groups in total. The van der Waals surface area contributed by atoms with Crippen LogP contribution in [0.3, 0.4) is 0 Å². The van der Waals surface area contributed by atoms with Gasteiger partial charge in [0.2, 0.25) is 0 Å². The molecule has 0 saturated heterocycles. The number of ether oxygens (including phenoxy) is 2. The quantitative estimate of drug-likeness (QED) is 0.764. The van der Waals surface area contributed by atoms with E-state index in [0.29, 0.717) is 17.1 Å². The summed E-state index contributed by atoms with van der Waals surface area (Å²) in [5.41, 5.74) is 1.55. The minimum absolute atomic E-state index is 0.0897. The lowest BCUT2D eigenvalue weighted by molar-refractivity contribution is 0.102. The monoisotopic (exact) mass is 246 g/mol. The van der Waals surface area contributed by atoms with Crippen molar-refractivity contribution in [1.82, 2.24) is 0 Å². The van der Waals surface area contributed by atoms with E-state index in [2.05, 4.69) is 6.08 Å². The van der Waals surface area contributed by atoms with Gasteiger partial charge in [0.15, 0.2) is 5.78 Å². The van der Waals surface area contributed by atoms with Crippen molar-refractivity contribution in [2.45, 2.75) is 25.7 Å². The summed E-state index contributed by atoms with van der Waals surface area (Å²) in [6.45, 7) is 0. The summed E-state index contributed by atoms with van der Waals surface area (Å²) in [6.07, 6.45) is 6.20. The fourth-order valence-corrected chi connectivity index (χ4v) is 2.17. The number of allylic oxidation sites excluding steroid dienone is 2. The van der Waals surface area contributed by atoms with Crippen LogP contribution in [0.2, 0.25) is 0 Å². The Hall–Kier alpha value is -1.77. The molecule has 0 fully saturated rings. The lowest BCUT2D eigenvalue weighted by atomic mass is 9.93. The molecule has 0 bridgehead atoms. The Labute approximate surface area is 107 Å². The lowest BCUT2D eigenvalue weighted by Crippen LogP contribution is -2.07. The van der Waals surface area contributed by atoms with E-state index in [1.54, 1.807) is 32.4 Å². The Morgan fingerprint density at radius 1 is 1.06 bits per heavy atom. The molecule has 1 aromatic carbocycles. The van der Waals surface area contributed by atoms with Crippen LogP contribution in [-0.4, -0.2) is 20.0 Å². The molecule has 3 heteroatoms. The first-order valence-corrected chi connectivity index (χ1v) is 6.21. The average molecular weight is 246 g/mol. The normalized spacial score (nSPS) is 14.9. The number of hydrogen-bond donors (Lipinski definition) is 0. The van der Waals surface area contributed by atoms with E-state index >= 15 is 0 Å². The van der Waals surface area contributed by atoms with Gasteiger partial charge in [0.25, 0.3) is 0 Å². The maximum atomic E-state index is 12.4. The molecule has 0 heterocycles. The van der Waals surface area contributed by atoms with E-state index in [9.17, 15) is 4.79 Å². The molecule has 1 aliphatic carbocycles. The minimum atomic E-state index is 0.0897. The molecule has 0 aromatic heterocycles. The molecule has 0 amide bonds. The molecule has 96 valence electrons. The lowest BCUT2D eigenvalue weighted by Gasteiger charge is -2.13. The average Bonchev–Trinajstić information content (AvgIpc) is 2.46. The van der Waals surface area contributed by atoms with E-state index in [4.69, 9.17) is 9.47 Å². The van der Waals surface area contributed by atoms with Gasteiger partial charge >= 0.3 is 0 Å². The van der Waals surface area contributed by atoms with E-state index in [-0.39, 0.29) is 5.78 Å². The van der Waals surface area contributed by atoms with Crippen molar-refractivity contribution in [3.8, 4) is 11.5 Å². The predicted molar refractivity (Wildman–Crippen MR) is 70.4 cm³/mol. The van der Waals surface area contributed by atoms with Crippen molar-refractivity contribution in [2.24, 2.45) is 0 Å². The zero-order valence-corrected chi connectivity index (χ0v) is 10.9. The smallest absolute Gasteiger partial charge is 0.188 e.